The fraction of sp³-hybridized carbons (Fsp3) is 0.586. The van der Waals surface area contributed by atoms with Crippen LogP contribution in [0.2, 0.25) is 0 Å². The van der Waals surface area contributed by atoms with Crippen LogP contribution in [0.3, 0.4) is 0 Å². The van der Waals surface area contributed by atoms with Gasteiger partial charge >= 0.3 is 0 Å². The largest absolute Gasteiger partial charge is 0.369 e. The van der Waals surface area contributed by atoms with Crippen LogP contribution in [0.5, 0.6) is 0 Å². The number of allylic oxidation sites excluding steroid dienone is 2. The molecule has 3 amide bonds. The van der Waals surface area contributed by atoms with E-state index in [2.05, 4.69) is 15.5 Å². The van der Waals surface area contributed by atoms with Gasteiger partial charge in [0.25, 0.3) is 5.91 Å². The van der Waals surface area contributed by atoms with E-state index in [4.69, 9.17) is 0 Å². The van der Waals surface area contributed by atoms with Gasteiger partial charge in [-0.1, -0.05) is 26.0 Å². The number of nitrogens with zero attached hydrogens (tertiary/aromatic N) is 3. The Morgan fingerprint density at radius 2 is 1.68 bits per heavy atom. The molecule has 0 radical (unpaired) electrons. The maximum atomic E-state index is 13.8. The number of amides is 3. The summed E-state index contributed by atoms with van der Waals surface area (Å²) in [5.74, 6) is -0.529. The Balaban J connectivity index is 1.26. The van der Waals surface area contributed by atoms with Crippen molar-refractivity contribution in [2.45, 2.75) is 57.7 Å². The van der Waals surface area contributed by atoms with Crippen molar-refractivity contribution in [3.63, 3.8) is 0 Å². The maximum absolute atomic E-state index is 13.8. The molecule has 204 valence electrons. The fourth-order valence-electron chi connectivity index (χ4n) is 6.29. The molecule has 3 saturated heterocycles. The predicted molar refractivity (Wildman–Crippen MR) is 145 cm³/mol. The fourth-order valence-corrected chi connectivity index (χ4v) is 6.29. The number of piperazine rings is 1. The van der Waals surface area contributed by atoms with E-state index in [0.29, 0.717) is 37.8 Å². The van der Waals surface area contributed by atoms with Crippen LogP contribution in [-0.2, 0) is 14.4 Å². The van der Waals surface area contributed by atoms with Crippen LogP contribution in [-0.4, -0.2) is 90.7 Å². The smallest absolute Gasteiger partial charge is 0.251 e. The highest BCUT2D eigenvalue weighted by Crippen LogP contribution is 2.33. The summed E-state index contributed by atoms with van der Waals surface area (Å²) in [6.07, 6.45) is 6.51. The number of benzene rings is 1. The zero-order chi connectivity index (χ0) is 26.8. The Bertz CT molecular complexity index is 1090. The molecule has 3 unspecified atom stereocenters. The van der Waals surface area contributed by atoms with Crippen LogP contribution < -0.4 is 15.5 Å². The van der Waals surface area contributed by atoms with Gasteiger partial charge in [-0.15, -0.1) is 0 Å². The summed E-state index contributed by atoms with van der Waals surface area (Å²) < 4.78 is 0. The first-order valence-corrected chi connectivity index (χ1v) is 14.0. The quantitative estimate of drug-likeness (QED) is 0.529. The summed E-state index contributed by atoms with van der Waals surface area (Å²) in [6, 6.07) is 5.89. The molecule has 9 heteroatoms. The minimum absolute atomic E-state index is 0.0152. The van der Waals surface area contributed by atoms with E-state index < -0.39 is 12.1 Å². The van der Waals surface area contributed by atoms with Crippen LogP contribution in [0.15, 0.2) is 36.4 Å². The monoisotopic (exact) mass is 521 g/mol. The standard InChI is InChI=1S/C29H39N5O4/c1-19(2)17-23(31-27(36)20-7-9-22(10-8-20)32-15-12-30-13-16-32)29(38)33-14-11-24-26(33)25(35)18-34(24)28(37)21-5-3-4-6-21/h3-4,7-10,19,21,23-24,26,30H,5-6,11-18H2,1-2H3,(H,31,36). The molecule has 9 nitrogen and oxygen atoms in total. The molecular weight excluding hydrogens is 482 g/mol. The number of carbonyl (C=O) groups is 4. The lowest BCUT2D eigenvalue weighted by Crippen LogP contribution is -2.53. The number of likely N-dealkylation sites (tertiary alicyclic amines) is 2. The van der Waals surface area contributed by atoms with E-state index in [-0.39, 0.29) is 47.9 Å². The lowest BCUT2D eigenvalue weighted by Gasteiger charge is -2.30. The number of Topliss-reactive ketones (excluding diaryl/α,β-unsaturated/α-hetero) is 1. The summed E-state index contributed by atoms with van der Waals surface area (Å²) in [7, 11) is 0. The lowest BCUT2D eigenvalue weighted by atomic mass is 10.0. The molecule has 0 aromatic heterocycles. The molecule has 3 aliphatic heterocycles. The number of anilines is 1. The topological polar surface area (TPSA) is 102 Å². The van der Waals surface area contributed by atoms with Crippen molar-refractivity contribution >= 4 is 29.2 Å². The van der Waals surface area contributed by atoms with E-state index in [1.54, 1.807) is 21.9 Å². The molecule has 1 aliphatic carbocycles. The van der Waals surface area contributed by atoms with Gasteiger partial charge < -0.3 is 25.3 Å². The van der Waals surface area contributed by atoms with Crippen molar-refractivity contribution < 1.29 is 19.2 Å². The van der Waals surface area contributed by atoms with Crippen molar-refractivity contribution in [2.24, 2.45) is 11.8 Å². The first-order valence-electron chi connectivity index (χ1n) is 14.0. The van der Waals surface area contributed by atoms with Crippen LogP contribution in [0, 0.1) is 11.8 Å². The second-order valence-corrected chi connectivity index (χ2v) is 11.3. The normalized spacial score (nSPS) is 24.3. The zero-order valence-corrected chi connectivity index (χ0v) is 22.4. The van der Waals surface area contributed by atoms with Crippen LogP contribution in [0.25, 0.3) is 0 Å². The van der Waals surface area contributed by atoms with Gasteiger partial charge in [0.2, 0.25) is 11.8 Å². The van der Waals surface area contributed by atoms with Gasteiger partial charge in [-0.25, -0.2) is 0 Å². The van der Waals surface area contributed by atoms with E-state index in [1.165, 1.54) is 0 Å². The van der Waals surface area contributed by atoms with E-state index in [0.717, 1.165) is 31.9 Å². The molecule has 3 fully saturated rings. The summed E-state index contributed by atoms with van der Waals surface area (Å²) >= 11 is 0. The Morgan fingerprint density at radius 1 is 1.00 bits per heavy atom. The van der Waals surface area contributed by atoms with E-state index >= 15 is 0 Å². The van der Waals surface area contributed by atoms with Gasteiger partial charge in [0.1, 0.15) is 12.1 Å². The molecule has 0 saturated carbocycles. The third-order valence-electron chi connectivity index (χ3n) is 8.27. The number of hydrogen-bond acceptors (Lipinski definition) is 6. The second-order valence-electron chi connectivity index (χ2n) is 11.3. The molecule has 3 atom stereocenters. The third-order valence-corrected chi connectivity index (χ3v) is 8.27. The summed E-state index contributed by atoms with van der Waals surface area (Å²) in [4.78, 5) is 58.7. The predicted octanol–water partition coefficient (Wildman–Crippen LogP) is 1.59. The Kier molecular flexibility index (Phi) is 7.83. The minimum atomic E-state index is -0.731. The maximum Gasteiger partial charge on any atom is 0.251 e. The Labute approximate surface area is 224 Å². The molecule has 2 N–H and O–H groups in total. The zero-order valence-electron chi connectivity index (χ0n) is 22.4. The Hall–Kier alpha value is -3.20. The molecule has 0 spiro atoms. The van der Waals surface area contributed by atoms with Crippen molar-refractivity contribution in [1.29, 1.82) is 0 Å². The Morgan fingerprint density at radius 3 is 2.34 bits per heavy atom. The van der Waals surface area contributed by atoms with Crippen LogP contribution in [0.1, 0.15) is 49.9 Å². The summed E-state index contributed by atoms with van der Waals surface area (Å²) in [5.41, 5.74) is 1.58. The van der Waals surface area contributed by atoms with Crippen molar-refractivity contribution in [2.75, 3.05) is 44.2 Å². The molecule has 4 aliphatic rings. The number of ketones is 1. The highest BCUT2D eigenvalue weighted by Gasteiger charge is 2.52. The summed E-state index contributed by atoms with van der Waals surface area (Å²) in [5, 5.41) is 6.30. The van der Waals surface area contributed by atoms with Crippen LogP contribution in [0.4, 0.5) is 5.69 Å². The number of nitrogens with one attached hydrogen (secondary N) is 2. The first-order chi connectivity index (χ1) is 18.3. The number of hydrogen-bond donors (Lipinski definition) is 2. The molecule has 3 heterocycles. The van der Waals surface area contributed by atoms with Crippen LogP contribution >= 0.6 is 0 Å². The van der Waals surface area contributed by atoms with Gasteiger partial charge in [0.15, 0.2) is 5.78 Å². The van der Waals surface area contributed by atoms with Crippen molar-refractivity contribution in [3.05, 3.63) is 42.0 Å². The van der Waals surface area contributed by atoms with Gasteiger partial charge in [0, 0.05) is 49.9 Å². The van der Waals surface area contributed by atoms with Gasteiger partial charge in [-0.2, -0.15) is 0 Å². The third kappa shape index (κ3) is 5.34. The average molecular weight is 522 g/mol. The molecular formula is C29H39N5O4. The lowest BCUT2D eigenvalue weighted by molar-refractivity contribution is -0.138. The molecule has 1 aromatic rings. The summed E-state index contributed by atoms with van der Waals surface area (Å²) in [6.45, 7) is 8.22. The van der Waals surface area contributed by atoms with Gasteiger partial charge in [-0.05, 0) is 55.9 Å². The highest BCUT2D eigenvalue weighted by atomic mass is 16.2. The average Bonchev–Trinajstić information content (AvgIpc) is 3.67. The number of rotatable bonds is 7. The first kappa shape index (κ1) is 26.4. The molecule has 1 aromatic carbocycles. The minimum Gasteiger partial charge on any atom is -0.369 e. The van der Waals surface area contributed by atoms with Gasteiger partial charge in [0.05, 0.1) is 12.6 Å². The molecule has 38 heavy (non-hydrogen) atoms. The molecule has 5 rings (SSSR count). The second kappa shape index (κ2) is 11.3. The van der Waals surface area contributed by atoms with E-state index in [1.807, 2.05) is 38.1 Å². The van der Waals surface area contributed by atoms with Crippen molar-refractivity contribution in [3.8, 4) is 0 Å². The number of carbonyl (C=O) groups excluding carboxylic acids is 4. The van der Waals surface area contributed by atoms with Gasteiger partial charge in [-0.3, -0.25) is 19.2 Å². The van der Waals surface area contributed by atoms with E-state index in [9.17, 15) is 19.2 Å². The molecule has 0 bridgehead atoms. The number of fused-ring (bicyclic) bond motifs is 1. The SMILES string of the molecule is CC(C)CC(NC(=O)c1ccc(N2CCNCC2)cc1)C(=O)N1CCC2C1C(=O)CN2C(=O)C1CC=CC1. The van der Waals surface area contributed by atoms with Crippen molar-refractivity contribution in [1.82, 2.24) is 20.4 Å². The highest BCUT2D eigenvalue weighted by molar-refractivity contribution is 6.01.